The highest BCUT2D eigenvalue weighted by atomic mass is 79.9. The standard InChI is InChI=1S/C14H17BrN2/c1-9-6-11(7-17-14(9)15)12-3-2-10-4-5-16-8-13(10)12/h3,6-7,10,13,16H,2,4-5,8H2,1H3/t10-,13+/m0/s1. The number of rotatable bonds is 1. The van der Waals surface area contributed by atoms with E-state index in [2.05, 4.69) is 45.3 Å². The van der Waals surface area contributed by atoms with Gasteiger partial charge >= 0.3 is 0 Å². The Morgan fingerprint density at radius 1 is 1.47 bits per heavy atom. The van der Waals surface area contributed by atoms with Gasteiger partial charge in [-0.3, -0.25) is 0 Å². The molecule has 1 N–H and O–H groups in total. The van der Waals surface area contributed by atoms with E-state index >= 15 is 0 Å². The number of nitrogens with one attached hydrogen (secondary N) is 1. The van der Waals surface area contributed by atoms with Crippen molar-refractivity contribution in [1.29, 1.82) is 0 Å². The zero-order chi connectivity index (χ0) is 11.8. The minimum atomic E-state index is 0.700. The van der Waals surface area contributed by atoms with Gasteiger partial charge in [0.1, 0.15) is 4.60 Å². The Labute approximate surface area is 111 Å². The maximum atomic E-state index is 4.42. The van der Waals surface area contributed by atoms with E-state index in [-0.39, 0.29) is 0 Å². The number of aromatic nitrogens is 1. The van der Waals surface area contributed by atoms with Gasteiger partial charge in [0.15, 0.2) is 0 Å². The van der Waals surface area contributed by atoms with Crippen molar-refractivity contribution in [1.82, 2.24) is 10.3 Å². The van der Waals surface area contributed by atoms with E-state index in [1.807, 2.05) is 6.20 Å². The van der Waals surface area contributed by atoms with Gasteiger partial charge in [0.25, 0.3) is 0 Å². The van der Waals surface area contributed by atoms with Gasteiger partial charge in [-0.2, -0.15) is 0 Å². The molecule has 2 heterocycles. The first-order valence-electron chi connectivity index (χ1n) is 6.29. The molecule has 0 amide bonds. The largest absolute Gasteiger partial charge is 0.316 e. The predicted octanol–water partition coefficient (Wildman–Crippen LogP) is 3.17. The Morgan fingerprint density at radius 3 is 3.18 bits per heavy atom. The highest BCUT2D eigenvalue weighted by molar-refractivity contribution is 9.10. The second kappa shape index (κ2) is 4.54. The topological polar surface area (TPSA) is 24.9 Å². The lowest BCUT2D eigenvalue weighted by atomic mass is 9.84. The third-order valence-electron chi connectivity index (χ3n) is 4.01. The normalized spacial score (nSPS) is 27.8. The second-order valence-electron chi connectivity index (χ2n) is 5.09. The van der Waals surface area contributed by atoms with Crippen molar-refractivity contribution in [2.24, 2.45) is 11.8 Å². The maximum Gasteiger partial charge on any atom is 0.109 e. The van der Waals surface area contributed by atoms with Crippen LogP contribution in [0, 0.1) is 18.8 Å². The van der Waals surface area contributed by atoms with E-state index in [4.69, 9.17) is 0 Å². The lowest BCUT2D eigenvalue weighted by Crippen LogP contribution is -2.34. The molecule has 90 valence electrons. The highest BCUT2D eigenvalue weighted by Gasteiger charge is 2.32. The summed E-state index contributed by atoms with van der Waals surface area (Å²) in [5, 5.41) is 3.51. The van der Waals surface area contributed by atoms with Gasteiger partial charge in [0, 0.05) is 12.7 Å². The van der Waals surface area contributed by atoms with Crippen LogP contribution in [-0.4, -0.2) is 18.1 Å². The van der Waals surface area contributed by atoms with Gasteiger partial charge in [-0.1, -0.05) is 6.08 Å². The summed E-state index contributed by atoms with van der Waals surface area (Å²) >= 11 is 3.46. The fourth-order valence-electron chi connectivity index (χ4n) is 3.04. The second-order valence-corrected chi connectivity index (χ2v) is 5.84. The molecule has 2 nitrogen and oxygen atoms in total. The number of allylic oxidation sites excluding steroid dienone is 1. The van der Waals surface area contributed by atoms with E-state index in [0.29, 0.717) is 5.92 Å². The van der Waals surface area contributed by atoms with Crippen molar-refractivity contribution >= 4 is 21.5 Å². The highest BCUT2D eigenvalue weighted by Crippen LogP contribution is 2.41. The lowest BCUT2D eigenvalue weighted by Gasteiger charge is -2.28. The fourth-order valence-corrected chi connectivity index (χ4v) is 3.25. The van der Waals surface area contributed by atoms with Crippen LogP contribution in [0.2, 0.25) is 0 Å². The van der Waals surface area contributed by atoms with Gasteiger partial charge < -0.3 is 5.32 Å². The van der Waals surface area contributed by atoms with Crippen LogP contribution in [-0.2, 0) is 0 Å². The molecule has 1 fully saturated rings. The molecule has 0 radical (unpaired) electrons. The SMILES string of the molecule is Cc1cc(C2=CC[C@H]3CCNC[C@@H]23)cnc1Br. The van der Waals surface area contributed by atoms with Crippen molar-refractivity contribution in [2.75, 3.05) is 13.1 Å². The molecule has 3 heteroatoms. The van der Waals surface area contributed by atoms with Gasteiger partial charge in [0.2, 0.25) is 0 Å². The average Bonchev–Trinajstić information content (AvgIpc) is 2.76. The third kappa shape index (κ3) is 2.06. The number of hydrogen-bond donors (Lipinski definition) is 1. The van der Waals surface area contributed by atoms with Crippen LogP contribution in [0.5, 0.6) is 0 Å². The first-order valence-corrected chi connectivity index (χ1v) is 7.08. The summed E-state index contributed by atoms with van der Waals surface area (Å²) in [6.45, 7) is 4.41. The molecule has 1 aromatic heterocycles. The quantitative estimate of drug-likeness (QED) is 0.805. The van der Waals surface area contributed by atoms with Gasteiger partial charge in [-0.25, -0.2) is 4.98 Å². The molecule has 1 aliphatic carbocycles. The Morgan fingerprint density at radius 2 is 2.35 bits per heavy atom. The van der Waals surface area contributed by atoms with Crippen molar-refractivity contribution in [3.63, 3.8) is 0 Å². The number of aryl methyl sites for hydroxylation is 1. The number of pyridine rings is 1. The molecule has 0 unspecified atom stereocenters. The van der Waals surface area contributed by atoms with E-state index in [1.54, 1.807) is 0 Å². The summed E-state index contributed by atoms with van der Waals surface area (Å²) in [5.74, 6) is 1.56. The number of halogens is 1. The molecule has 1 aliphatic heterocycles. The predicted molar refractivity (Wildman–Crippen MR) is 73.7 cm³/mol. The third-order valence-corrected chi connectivity index (χ3v) is 4.84. The molecule has 0 spiro atoms. The van der Waals surface area contributed by atoms with Crippen LogP contribution < -0.4 is 5.32 Å². The Bertz CT molecular complexity index is 467. The van der Waals surface area contributed by atoms with Crippen molar-refractivity contribution in [2.45, 2.75) is 19.8 Å². The van der Waals surface area contributed by atoms with Gasteiger partial charge in [-0.15, -0.1) is 0 Å². The minimum absolute atomic E-state index is 0.700. The molecule has 17 heavy (non-hydrogen) atoms. The monoisotopic (exact) mass is 292 g/mol. The van der Waals surface area contributed by atoms with Crippen LogP contribution in [0.4, 0.5) is 0 Å². The number of piperidine rings is 1. The van der Waals surface area contributed by atoms with Crippen molar-refractivity contribution in [3.8, 4) is 0 Å². The summed E-state index contributed by atoms with van der Waals surface area (Å²) in [7, 11) is 0. The molecule has 1 saturated heterocycles. The summed E-state index contributed by atoms with van der Waals surface area (Å²) in [6.07, 6.45) is 6.98. The molecule has 1 aromatic rings. The first-order chi connectivity index (χ1) is 8.25. The summed E-state index contributed by atoms with van der Waals surface area (Å²) in [4.78, 5) is 4.42. The zero-order valence-corrected chi connectivity index (χ0v) is 11.6. The molecule has 0 aromatic carbocycles. The van der Waals surface area contributed by atoms with Crippen molar-refractivity contribution in [3.05, 3.63) is 34.1 Å². The van der Waals surface area contributed by atoms with Crippen LogP contribution in [0.1, 0.15) is 24.0 Å². The fraction of sp³-hybridized carbons (Fsp3) is 0.500. The van der Waals surface area contributed by atoms with Crippen LogP contribution in [0.3, 0.4) is 0 Å². The molecule has 0 saturated carbocycles. The van der Waals surface area contributed by atoms with Gasteiger partial charge in [-0.05, 0) is 76.8 Å². The Balaban J connectivity index is 1.91. The van der Waals surface area contributed by atoms with E-state index in [0.717, 1.165) is 17.1 Å². The number of hydrogen-bond acceptors (Lipinski definition) is 2. The van der Waals surface area contributed by atoms with Gasteiger partial charge in [0.05, 0.1) is 0 Å². The van der Waals surface area contributed by atoms with Crippen molar-refractivity contribution < 1.29 is 0 Å². The molecule has 2 aliphatic rings. The molecule has 2 atom stereocenters. The van der Waals surface area contributed by atoms with Crippen LogP contribution in [0.25, 0.3) is 5.57 Å². The van der Waals surface area contributed by atoms with E-state index < -0.39 is 0 Å². The smallest absolute Gasteiger partial charge is 0.109 e. The minimum Gasteiger partial charge on any atom is -0.316 e. The first kappa shape index (κ1) is 11.4. The van der Waals surface area contributed by atoms with E-state index in [9.17, 15) is 0 Å². The molecular formula is C14H17BrN2. The lowest BCUT2D eigenvalue weighted by molar-refractivity contribution is 0.328. The summed E-state index contributed by atoms with van der Waals surface area (Å²) < 4.78 is 0.957. The average molecular weight is 293 g/mol. The Hall–Kier alpha value is -0.670. The molecule has 3 rings (SSSR count). The molecule has 0 bridgehead atoms. The van der Waals surface area contributed by atoms with Crippen LogP contribution >= 0.6 is 15.9 Å². The number of nitrogens with zero attached hydrogens (tertiary/aromatic N) is 1. The summed E-state index contributed by atoms with van der Waals surface area (Å²) in [6, 6.07) is 2.25. The molecular weight excluding hydrogens is 276 g/mol. The number of fused-ring (bicyclic) bond motifs is 1. The van der Waals surface area contributed by atoms with Crippen LogP contribution in [0.15, 0.2) is 22.9 Å². The Kier molecular flexibility index (Phi) is 3.05. The zero-order valence-electron chi connectivity index (χ0n) is 10.0. The maximum absolute atomic E-state index is 4.42. The van der Waals surface area contributed by atoms with E-state index in [1.165, 1.54) is 36.1 Å². The summed E-state index contributed by atoms with van der Waals surface area (Å²) in [5.41, 5.74) is 4.03.